The Labute approximate surface area is 80.3 Å². The first-order valence-electron chi connectivity index (χ1n) is 4.56. The largest absolute Gasteiger partial charge is 0.466 e. The van der Waals surface area contributed by atoms with E-state index in [-0.39, 0.29) is 0 Å². The fraction of sp³-hybridized carbons (Fsp3) is 0.545. The highest BCUT2D eigenvalue weighted by Crippen LogP contribution is 2.15. The lowest BCUT2D eigenvalue weighted by molar-refractivity contribution is -0.134. The zero-order valence-corrected chi connectivity index (χ0v) is 8.51. The summed E-state index contributed by atoms with van der Waals surface area (Å²) in [6.07, 6.45) is 8.97. The van der Waals surface area contributed by atoms with Gasteiger partial charge in [0.1, 0.15) is 0 Å². The summed E-state index contributed by atoms with van der Waals surface area (Å²) in [4.78, 5) is 9.84. The molecule has 0 heterocycles. The molecule has 1 aliphatic rings. The number of hydrogen-bond acceptors (Lipinski definition) is 2. The van der Waals surface area contributed by atoms with Gasteiger partial charge in [0.15, 0.2) is 0 Å². The quantitative estimate of drug-likeness (QED) is 0.354. The van der Waals surface area contributed by atoms with Crippen molar-refractivity contribution in [3.63, 3.8) is 0 Å². The third kappa shape index (κ3) is 7.32. The number of allylic oxidation sites excluding steroid dienone is 2. The Balaban J connectivity index is 0.000000226. The molecular formula is C11H18O2. The van der Waals surface area contributed by atoms with E-state index in [1.165, 1.54) is 32.8 Å². The third-order valence-electron chi connectivity index (χ3n) is 1.89. The van der Waals surface area contributed by atoms with Gasteiger partial charge in [0, 0.05) is 6.08 Å². The van der Waals surface area contributed by atoms with Gasteiger partial charge in [-0.3, -0.25) is 0 Å². The second-order valence-electron chi connectivity index (χ2n) is 3.02. The standard InChI is InChI=1S/C7H12.C4H6O2/c1-7-5-3-2-4-6-7;1-3-4(5)6-2/h5H,2-4,6H2,1H3;3H,1H2,2H3. The Morgan fingerprint density at radius 3 is 2.46 bits per heavy atom. The van der Waals surface area contributed by atoms with Crippen LogP contribution in [0.1, 0.15) is 32.6 Å². The zero-order chi connectivity index (χ0) is 10.1. The molecule has 2 heteroatoms. The van der Waals surface area contributed by atoms with Gasteiger partial charge in [-0.25, -0.2) is 4.79 Å². The predicted octanol–water partition coefficient (Wildman–Crippen LogP) is 2.85. The highest BCUT2D eigenvalue weighted by molar-refractivity contribution is 5.80. The molecule has 0 aromatic heterocycles. The number of carbonyl (C=O) groups is 1. The molecule has 0 aromatic rings. The highest BCUT2D eigenvalue weighted by atomic mass is 16.5. The normalized spacial score (nSPS) is 14.8. The first-order valence-corrected chi connectivity index (χ1v) is 4.56. The van der Waals surface area contributed by atoms with Crippen LogP contribution in [0.25, 0.3) is 0 Å². The molecule has 0 bridgehead atoms. The van der Waals surface area contributed by atoms with Gasteiger partial charge in [0.2, 0.25) is 0 Å². The summed E-state index contributed by atoms with van der Waals surface area (Å²) in [6.45, 7) is 5.38. The lowest BCUT2D eigenvalue weighted by Crippen LogP contribution is -1.91. The highest BCUT2D eigenvalue weighted by Gasteiger charge is 1.95. The van der Waals surface area contributed by atoms with E-state index in [4.69, 9.17) is 0 Å². The van der Waals surface area contributed by atoms with E-state index in [9.17, 15) is 4.79 Å². The minimum absolute atomic E-state index is 0.394. The minimum atomic E-state index is -0.394. The molecule has 0 amide bonds. The molecule has 0 atom stereocenters. The first-order chi connectivity index (χ1) is 6.20. The van der Waals surface area contributed by atoms with E-state index >= 15 is 0 Å². The number of rotatable bonds is 1. The molecule has 0 spiro atoms. The topological polar surface area (TPSA) is 26.3 Å². The van der Waals surface area contributed by atoms with Crippen molar-refractivity contribution in [3.8, 4) is 0 Å². The van der Waals surface area contributed by atoms with Gasteiger partial charge in [0.05, 0.1) is 7.11 Å². The van der Waals surface area contributed by atoms with Crippen molar-refractivity contribution < 1.29 is 9.53 Å². The van der Waals surface area contributed by atoms with Crippen LogP contribution < -0.4 is 0 Å². The number of methoxy groups -OCH3 is 1. The van der Waals surface area contributed by atoms with E-state index in [2.05, 4.69) is 24.3 Å². The van der Waals surface area contributed by atoms with Gasteiger partial charge in [-0.15, -0.1) is 0 Å². The summed E-state index contributed by atoms with van der Waals surface area (Å²) < 4.78 is 4.14. The molecule has 0 unspecified atom stereocenters. The monoisotopic (exact) mass is 182 g/mol. The number of carbonyl (C=O) groups excluding carboxylic acids is 1. The summed E-state index contributed by atoms with van der Waals surface area (Å²) in [7, 11) is 1.31. The second kappa shape index (κ2) is 7.59. The summed E-state index contributed by atoms with van der Waals surface area (Å²) in [5.41, 5.74) is 1.59. The van der Waals surface area contributed by atoms with E-state index in [1.807, 2.05) is 0 Å². The molecular weight excluding hydrogens is 164 g/mol. The molecule has 0 N–H and O–H groups in total. The molecule has 1 rings (SSSR count). The van der Waals surface area contributed by atoms with Crippen LogP contribution >= 0.6 is 0 Å². The van der Waals surface area contributed by atoms with Crippen LogP contribution in [0.4, 0.5) is 0 Å². The Morgan fingerprint density at radius 1 is 1.62 bits per heavy atom. The average Bonchev–Trinajstić information content (AvgIpc) is 2.19. The van der Waals surface area contributed by atoms with E-state index in [0.717, 1.165) is 6.08 Å². The van der Waals surface area contributed by atoms with E-state index in [1.54, 1.807) is 5.57 Å². The van der Waals surface area contributed by atoms with Crippen LogP contribution in [0, 0.1) is 0 Å². The van der Waals surface area contributed by atoms with Crippen LogP contribution in [0.2, 0.25) is 0 Å². The number of esters is 1. The zero-order valence-electron chi connectivity index (χ0n) is 8.51. The summed E-state index contributed by atoms with van der Waals surface area (Å²) in [5, 5.41) is 0. The Bertz CT molecular complexity index is 192. The predicted molar refractivity (Wildman–Crippen MR) is 54.4 cm³/mol. The molecule has 0 saturated carbocycles. The maximum Gasteiger partial charge on any atom is 0.329 e. The van der Waals surface area contributed by atoms with Crippen LogP contribution in [-0.2, 0) is 9.53 Å². The summed E-state index contributed by atoms with van der Waals surface area (Å²) in [5.74, 6) is -0.394. The van der Waals surface area contributed by atoms with E-state index in [0.29, 0.717) is 0 Å². The van der Waals surface area contributed by atoms with Gasteiger partial charge in [-0.2, -0.15) is 0 Å². The fourth-order valence-electron chi connectivity index (χ4n) is 1.08. The lowest BCUT2D eigenvalue weighted by Gasteiger charge is -2.05. The molecule has 0 fully saturated rings. The molecule has 13 heavy (non-hydrogen) atoms. The Hall–Kier alpha value is -1.05. The molecule has 0 aromatic carbocycles. The van der Waals surface area contributed by atoms with Crippen LogP contribution in [0.15, 0.2) is 24.3 Å². The fourth-order valence-corrected chi connectivity index (χ4v) is 1.08. The molecule has 0 saturated heterocycles. The molecule has 0 aliphatic heterocycles. The molecule has 1 aliphatic carbocycles. The maximum atomic E-state index is 9.84. The minimum Gasteiger partial charge on any atom is -0.466 e. The van der Waals surface area contributed by atoms with Crippen molar-refractivity contribution in [2.75, 3.05) is 7.11 Å². The van der Waals surface area contributed by atoms with Gasteiger partial charge < -0.3 is 4.74 Å². The van der Waals surface area contributed by atoms with Crippen molar-refractivity contribution in [2.24, 2.45) is 0 Å². The molecule has 2 nitrogen and oxygen atoms in total. The maximum absolute atomic E-state index is 9.84. The number of hydrogen-bond donors (Lipinski definition) is 0. The number of ether oxygens (including phenoxy) is 1. The van der Waals surface area contributed by atoms with E-state index < -0.39 is 5.97 Å². The first kappa shape index (κ1) is 11.9. The van der Waals surface area contributed by atoms with Gasteiger partial charge >= 0.3 is 5.97 Å². The third-order valence-corrected chi connectivity index (χ3v) is 1.89. The molecule has 0 radical (unpaired) electrons. The van der Waals surface area contributed by atoms with Crippen molar-refractivity contribution >= 4 is 5.97 Å². The lowest BCUT2D eigenvalue weighted by atomic mass is 10.0. The van der Waals surface area contributed by atoms with Crippen molar-refractivity contribution in [1.29, 1.82) is 0 Å². The summed E-state index contributed by atoms with van der Waals surface area (Å²) >= 11 is 0. The van der Waals surface area contributed by atoms with Crippen LogP contribution in [-0.4, -0.2) is 13.1 Å². The van der Waals surface area contributed by atoms with Gasteiger partial charge in [0.25, 0.3) is 0 Å². The van der Waals surface area contributed by atoms with Gasteiger partial charge in [-0.05, 0) is 32.6 Å². The van der Waals surface area contributed by atoms with Gasteiger partial charge in [-0.1, -0.05) is 18.2 Å². The molecule has 74 valence electrons. The van der Waals surface area contributed by atoms with Crippen molar-refractivity contribution in [3.05, 3.63) is 24.3 Å². The second-order valence-corrected chi connectivity index (χ2v) is 3.02. The Kier molecular flexibility index (Phi) is 6.98. The smallest absolute Gasteiger partial charge is 0.329 e. The van der Waals surface area contributed by atoms with Crippen LogP contribution in [0.3, 0.4) is 0 Å². The average molecular weight is 182 g/mol. The SMILES string of the molecule is C=CC(=O)OC.CC1=CCCCC1. The van der Waals surface area contributed by atoms with Crippen molar-refractivity contribution in [2.45, 2.75) is 32.6 Å². The summed E-state index contributed by atoms with van der Waals surface area (Å²) in [6, 6.07) is 0. The Morgan fingerprint density at radius 2 is 2.31 bits per heavy atom. The van der Waals surface area contributed by atoms with Crippen molar-refractivity contribution in [1.82, 2.24) is 0 Å². The van der Waals surface area contributed by atoms with Crippen LogP contribution in [0.5, 0.6) is 0 Å².